The van der Waals surface area contributed by atoms with Gasteiger partial charge in [0.25, 0.3) is 5.91 Å². The minimum absolute atomic E-state index is 0.102. The maximum atomic E-state index is 12.5. The van der Waals surface area contributed by atoms with E-state index in [2.05, 4.69) is 26.7 Å². The van der Waals surface area contributed by atoms with Gasteiger partial charge in [0.2, 0.25) is 0 Å². The Bertz CT molecular complexity index is 972. The molecule has 148 valence electrons. The van der Waals surface area contributed by atoms with Crippen molar-refractivity contribution in [1.29, 1.82) is 5.26 Å². The highest BCUT2D eigenvalue weighted by Crippen LogP contribution is 2.10. The van der Waals surface area contributed by atoms with Gasteiger partial charge in [0.15, 0.2) is 0 Å². The van der Waals surface area contributed by atoms with E-state index >= 15 is 0 Å². The van der Waals surface area contributed by atoms with Crippen molar-refractivity contribution in [1.82, 2.24) is 15.6 Å². The summed E-state index contributed by atoms with van der Waals surface area (Å²) in [6.07, 6.45) is 4.36. The number of aromatic nitrogens is 1. The third kappa shape index (κ3) is 5.42. The number of allylic oxidation sites excluding steroid dienone is 1. The molecule has 1 aliphatic heterocycles. The van der Waals surface area contributed by atoms with Crippen molar-refractivity contribution in [2.24, 2.45) is 4.99 Å². The van der Waals surface area contributed by atoms with E-state index in [0.29, 0.717) is 24.2 Å². The highest BCUT2D eigenvalue weighted by molar-refractivity contribution is 6.03. The molecule has 0 unspecified atom stereocenters. The van der Waals surface area contributed by atoms with E-state index in [1.54, 1.807) is 18.3 Å². The Morgan fingerprint density at radius 2 is 2.21 bits per heavy atom. The van der Waals surface area contributed by atoms with Crippen LogP contribution in [0, 0.1) is 11.3 Å². The molecule has 2 N–H and O–H groups in total. The molecule has 0 bridgehead atoms. The third-order valence-corrected chi connectivity index (χ3v) is 4.58. The van der Waals surface area contributed by atoms with Crippen LogP contribution >= 0.6 is 0 Å². The van der Waals surface area contributed by atoms with Crippen LogP contribution < -0.4 is 15.5 Å². The van der Waals surface area contributed by atoms with Crippen LogP contribution in [0.25, 0.3) is 0 Å². The van der Waals surface area contributed by atoms with Gasteiger partial charge in [-0.1, -0.05) is 12.1 Å². The van der Waals surface area contributed by atoms with Gasteiger partial charge in [0.05, 0.1) is 12.1 Å². The molecule has 7 nitrogen and oxygen atoms in total. The Balaban J connectivity index is 1.49. The quantitative estimate of drug-likeness (QED) is 0.711. The predicted molar refractivity (Wildman–Crippen MR) is 114 cm³/mol. The first-order valence-electron chi connectivity index (χ1n) is 9.51. The maximum absolute atomic E-state index is 12.5. The van der Waals surface area contributed by atoms with Gasteiger partial charge in [-0.25, -0.2) is 4.98 Å². The fraction of sp³-hybridized carbons (Fsp3) is 0.273. The Morgan fingerprint density at radius 1 is 1.34 bits per heavy atom. The monoisotopic (exact) mass is 388 g/mol. The number of nitrogens with one attached hydrogen (secondary N) is 2. The van der Waals surface area contributed by atoms with Crippen LogP contribution in [0.1, 0.15) is 34.8 Å². The number of nitriles is 1. The molecule has 2 heterocycles. The number of hydrogen-bond donors (Lipinski definition) is 2. The number of rotatable bonds is 7. The predicted octanol–water partition coefficient (Wildman–Crippen LogP) is 2.46. The zero-order chi connectivity index (χ0) is 20.6. The van der Waals surface area contributed by atoms with Crippen molar-refractivity contribution in [2.75, 3.05) is 31.6 Å². The van der Waals surface area contributed by atoms with E-state index in [1.807, 2.05) is 49.2 Å². The summed E-state index contributed by atoms with van der Waals surface area (Å²) in [5.74, 6) is 1.49. The summed E-state index contributed by atoms with van der Waals surface area (Å²) < 4.78 is 0. The van der Waals surface area contributed by atoms with Gasteiger partial charge in [-0.3, -0.25) is 9.79 Å². The first-order valence-corrected chi connectivity index (χ1v) is 9.51. The van der Waals surface area contributed by atoms with Crippen molar-refractivity contribution < 1.29 is 4.79 Å². The molecule has 0 saturated heterocycles. The molecular formula is C22H24N6O. The normalized spacial score (nSPS) is 12.9. The summed E-state index contributed by atoms with van der Waals surface area (Å²) in [5, 5.41) is 15.0. The molecule has 29 heavy (non-hydrogen) atoms. The fourth-order valence-corrected chi connectivity index (χ4v) is 2.94. The zero-order valence-corrected chi connectivity index (χ0v) is 16.6. The second-order valence-corrected chi connectivity index (χ2v) is 6.83. The number of carbonyl (C=O) groups excluding carboxylic acids is 1. The van der Waals surface area contributed by atoms with Gasteiger partial charge >= 0.3 is 0 Å². The lowest BCUT2D eigenvalue weighted by molar-refractivity contribution is 0.0953. The van der Waals surface area contributed by atoms with Gasteiger partial charge in [-0.15, -0.1) is 0 Å². The van der Waals surface area contributed by atoms with Crippen LogP contribution in [-0.4, -0.2) is 43.4 Å². The Morgan fingerprint density at radius 3 is 2.93 bits per heavy atom. The molecule has 0 atom stereocenters. The number of benzene rings is 1. The molecule has 0 radical (unpaired) electrons. The molecule has 3 rings (SSSR count). The molecule has 0 fully saturated rings. The first-order chi connectivity index (χ1) is 14.1. The topological polar surface area (TPSA) is 93.4 Å². The SMILES string of the molecule is CC1=CCN=C(c2cccc(C(=O)NCCCN(C)c3ccc(C#N)cn3)c2)N1. The van der Waals surface area contributed by atoms with Crippen LogP contribution in [0.4, 0.5) is 5.82 Å². The number of anilines is 1. The number of pyridine rings is 1. The molecule has 1 aromatic carbocycles. The number of nitrogens with zero attached hydrogens (tertiary/aromatic N) is 4. The van der Waals surface area contributed by atoms with E-state index in [4.69, 9.17) is 5.26 Å². The van der Waals surface area contributed by atoms with Gasteiger partial charge in [0.1, 0.15) is 17.7 Å². The van der Waals surface area contributed by atoms with E-state index in [1.165, 1.54) is 0 Å². The lowest BCUT2D eigenvalue weighted by Gasteiger charge is -2.18. The zero-order valence-electron chi connectivity index (χ0n) is 16.6. The van der Waals surface area contributed by atoms with E-state index in [-0.39, 0.29) is 5.91 Å². The highest BCUT2D eigenvalue weighted by Gasteiger charge is 2.11. The van der Waals surface area contributed by atoms with Crippen LogP contribution in [0.5, 0.6) is 0 Å². The van der Waals surface area contributed by atoms with Gasteiger partial charge in [-0.05, 0) is 43.7 Å². The number of aliphatic imine (C=N–C) groups is 1. The van der Waals surface area contributed by atoms with E-state index in [0.717, 1.165) is 35.9 Å². The lowest BCUT2D eigenvalue weighted by Crippen LogP contribution is -2.29. The summed E-state index contributed by atoms with van der Waals surface area (Å²) in [5.41, 5.74) is 3.11. The smallest absolute Gasteiger partial charge is 0.251 e. The Kier molecular flexibility index (Phi) is 6.59. The molecule has 1 aromatic heterocycles. The average Bonchev–Trinajstić information content (AvgIpc) is 2.76. The molecule has 7 heteroatoms. The minimum Gasteiger partial charge on any atom is -0.360 e. The minimum atomic E-state index is -0.102. The van der Waals surface area contributed by atoms with E-state index in [9.17, 15) is 4.79 Å². The Labute approximate surface area is 170 Å². The van der Waals surface area contributed by atoms with Crippen LogP contribution in [0.15, 0.2) is 59.4 Å². The Hall–Kier alpha value is -3.66. The van der Waals surface area contributed by atoms with Crippen molar-refractivity contribution in [2.45, 2.75) is 13.3 Å². The van der Waals surface area contributed by atoms with Crippen LogP contribution in [0.3, 0.4) is 0 Å². The van der Waals surface area contributed by atoms with Crippen LogP contribution in [0.2, 0.25) is 0 Å². The number of carbonyl (C=O) groups is 1. The standard InChI is InChI=1S/C22H24N6O/c1-16-9-11-24-21(27-16)18-5-3-6-19(13-18)22(29)25-10-4-12-28(2)20-8-7-17(14-23)15-26-20/h3,5-9,13,15H,4,10-12H2,1-2H3,(H,24,27)(H,25,29). The molecule has 0 spiro atoms. The van der Waals surface area contributed by atoms with Gasteiger partial charge < -0.3 is 15.5 Å². The van der Waals surface area contributed by atoms with Crippen molar-refractivity contribution in [3.8, 4) is 6.07 Å². The van der Waals surface area contributed by atoms with Crippen molar-refractivity contribution in [3.05, 3.63) is 71.1 Å². The van der Waals surface area contributed by atoms with Crippen molar-refractivity contribution in [3.63, 3.8) is 0 Å². The summed E-state index contributed by atoms with van der Waals surface area (Å²) >= 11 is 0. The summed E-state index contributed by atoms with van der Waals surface area (Å²) in [7, 11) is 1.94. The second-order valence-electron chi connectivity index (χ2n) is 6.83. The molecule has 1 amide bonds. The largest absolute Gasteiger partial charge is 0.360 e. The second kappa shape index (κ2) is 9.51. The van der Waals surface area contributed by atoms with Gasteiger partial charge in [-0.2, -0.15) is 5.26 Å². The number of amidine groups is 1. The molecule has 1 aliphatic rings. The first kappa shape index (κ1) is 20.1. The molecular weight excluding hydrogens is 364 g/mol. The average molecular weight is 388 g/mol. The molecule has 0 saturated carbocycles. The van der Waals surface area contributed by atoms with Crippen molar-refractivity contribution >= 4 is 17.6 Å². The summed E-state index contributed by atoms with van der Waals surface area (Å²) in [6.45, 7) is 3.94. The molecule has 2 aromatic rings. The summed E-state index contributed by atoms with van der Waals surface area (Å²) in [6, 6.07) is 13.1. The van der Waals surface area contributed by atoms with Gasteiger partial charge in [0, 0.05) is 43.2 Å². The third-order valence-electron chi connectivity index (χ3n) is 4.58. The number of amides is 1. The number of hydrogen-bond acceptors (Lipinski definition) is 6. The van der Waals surface area contributed by atoms with E-state index < -0.39 is 0 Å². The summed E-state index contributed by atoms with van der Waals surface area (Å²) in [4.78, 5) is 23.2. The highest BCUT2D eigenvalue weighted by atomic mass is 16.1. The lowest BCUT2D eigenvalue weighted by atomic mass is 10.1. The fourth-order valence-electron chi connectivity index (χ4n) is 2.94. The maximum Gasteiger partial charge on any atom is 0.251 e. The van der Waals surface area contributed by atoms with Crippen LogP contribution in [-0.2, 0) is 0 Å². The molecule has 0 aliphatic carbocycles.